The van der Waals surface area contributed by atoms with Crippen LogP contribution >= 0.6 is 0 Å². The van der Waals surface area contributed by atoms with Crippen molar-refractivity contribution in [1.82, 2.24) is 0 Å². The van der Waals surface area contributed by atoms with E-state index in [1.54, 1.807) is 11.0 Å². The summed E-state index contributed by atoms with van der Waals surface area (Å²) < 4.78 is 23.1. The summed E-state index contributed by atoms with van der Waals surface area (Å²) in [5.41, 5.74) is 3.48. The molecule has 0 aromatic heterocycles. The fourth-order valence-corrected chi connectivity index (χ4v) is 3.13. The van der Waals surface area contributed by atoms with Gasteiger partial charge < -0.3 is 10.2 Å². The molecule has 2 aromatic carbocycles. The Morgan fingerprint density at radius 1 is 1.08 bits per heavy atom. The Morgan fingerprint density at radius 2 is 1.69 bits per heavy atom. The van der Waals surface area contributed by atoms with E-state index in [0.29, 0.717) is 24.2 Å². The Bertz CT molecular complexity index is 875. The van der Waals surface area contributed by atoms with E-state index in [0.717, 1.165) is 12.0 Å². The molecule has 0 heterocycles. The molecule has 0 unspecified atom stereocenters. The molecule has 0 fully saturated rings. The molecule has 0 aliphatic carbocycles. The van der Waals surface area contributed by atoms with E-state index in [9.17, 15) is 13.2 Å². The van der Waals surface area contributed by atoms with E-state index in [1.165, 1.54) is 17.7 Å². The summed E-state index contributed by atoms with van der Waals surface area (Å²) in [4.78, 5) is 14.1. The summed E-state index contributed by atoms with van der Waals surface area (Å²) >= 11 is 0. The molecule has 0 bridgehead atoms. The van der Waals surface area contributed by atoms with Crippen molar-refractivity contribution in [1.29, 1.82) is 0 Å². The maximum Gasteiger partial charge on any atom is 0.238 e. The monoisotopic (exact) mass is 375 g/mol. The number of sulfonamides is 1. The molecule has 1 amide bonds. The van der Waals surface area contributed by atoms with Crippen molar-refractivity contribution in [2.45, 2.75) is 31.1 Å². The van der Waals surface area contributed by atoms with Gasteiger partial charge in [-0.25, -0.2) is 13.6 Å². The van der Waals surface area contributed by atoms with Crippen molar-refractivity contribution >= 4 is 27.3 Å². The average molecular weight is 375 g/mol. The Morgan fingerprint density at radius 3 is 2.23 bits per heavy atom. The largest absolute Gasteiger partial charge is 0.376 e. The van der Waals surface area contributed by atoms with Crippen LogP contribution in [0.4, 0.5) is 11.4 Å². The van der Waals surface area contributed by atoms with Crippen molar-refractivity contribution in [3.8, 4) is 0 Å². The van der Waals surface area contributed by atoms with Crippen LogP contribution in [0.2, 0.25) is 0 Å². The second-order valence-electron chi connectivity index (χ2n) is 6.34. The van der Waals surface area contributed by atoms with Crippen LogP contribution in [0.5, 0.6) is 0 Å². The highest BCUT2D eigenvalue weighted by Crippen LogP contribution is 2.27. The summed E-state index contributed by atoms with van der Waals surface area (Å²) in [6.07, 6.45) is 1.90. The number of benzene rings is 2. The lowest BCUT2D eigenvalue weighted by Gasteiger charge is -2.18. The van der Waals surface area contributed by atoms with Crippen LogP contribution in [-0.4, -0.2) is 28.4 Å². The molecule has 2 rings (SSSR count). The first-order valence-electron chi connectivity index (χ1n) is 8.42. The number of hydrogen-bond donors (Lipinski definition) is 2. The fraction of sp³-hybridized carbons (Fsp3) is 0.316. The molecule has 0 aliphatic heterocycles. The van der Waals surface area contributed by atoms with E-state index in [-0.39, 0.29) is 10.8 Å². The average Bonchev–Trinajstić information content (AvgIpc) is 2.59. The summed E-state index contributed by atoms with van der Waals surface area (Å²) in [5, 5.41) is 7.98. The number of nitrogens with zero attached hydrogens (tertiary/aromatic N) is 1. The first kappa shape index (κ1) is 19.9. The van der Waals surface area contributed by atoms with E-state index in [4.69, 9.17) is 5.14 Å². The number of hydrogen-bond acceptors (Lipinski definition) is 4. The second-order valence-corrected chi connectivity index (χ2v) is 7.90. The number of primary sulfonamides is 1. The summed E-state index contributed by atoms with van der Waals surface area (Å²) in [6.45, 7) is 2.10. The van der Waals surface area contributed by atoms with Gasteiger partial charge in [-0.15, -0.1) is 0 Å². The first-order valence-corrected chi connectivity index (χ1v) is 9.97. The first-order chi connectivity index (χ1) is 12.2. The maximum atomic E-state index is 12.3. The predicted molar refractivity (Wildman–Crippen MR) is 105 cm³/mol. The second kappa shape index (κ2) is 8.33. The highest BCUT2D eigenvalue weighted by molar-refractivity contribution is 7.89. The lowest BCUT2D eigenvalue weighted by Crippen LogP contribution is -2.19. The Balaban J connectivity index is 2.11. The van der Waals surface area contributed by atoms with Gasteiger partial charge in [0.05, 0.1) is 16.3 Å². The van der Waals surface area contributed by atoms with Gasteiger partial charge in [-0.05, 0) is 42.2 Å². The predicted octanol–water partition coefficient (Wildman–Crippen LogP) is 2.53. The summed E-state index contributed by atoms with van der Waals surface area (Å²) in [5.74, 6) is -0.181. The highest BCUT2D eigenvalue weighted by Gasteiger charge is 2.14. The molecule has 2 aromatic rings. The number of rotatable bonds is 7. The molecule has 6 nitrogen and oxygen atoms in total. The smallest absolute Gasteiger partial charge is 0.238 e. The van der Waals surface area contributed by atoms with Crippen LogP contribution in [0.1, 0.15) is 24.5 Å². The van der Waals surface area contributed by atoms with Gasteiger partial charge in [0, 0.05) is 20.5 Å². The zero-order chi connectivity index (χ0) is 19.3. The molecule has 26 heavy (non-hydrogen) atoms. The van der Waals surface area contributed by atoms with Crippen molar-refractivity contribution in [3.63, 3.8) is 0 Å². The number of amides is 1. The van der Waals surface area contributed by atoms with Crippen molar-refractivity contribution in [3.05, 3.63) is 53.6 Å². The maximum absolute atomic E-state index is 12.3. The summed E-state index contributed by atoms with van der Waals surface area (Å²) in [7, 11) is -0.203. The summed E-state index contributed by atoms with van der Waals surface area (Å²) in [6, 6.07) is 12.6. The van der Waals surface area contributed by atoms with Crippen LogP contribution in [-0.2, 0) is 27.7 Å². The minimum atomic E-state index is -3.84. The van der Waals surface area contributed by atoms with E-state index in [1.807, 2.05) is 26.2 Å². The molecule has 0 aliphatic rings. The lowest BCUT2D eigenvalue weighted by molar-refractivity contribution is -0.116. The molecular weight excluding hydrogens is 350 g/mol. The Kier molecular flexibility index (Phi) is 6.39. The van der Waals surface area contributed by atoms with Crippen molar-refractivity contribution < 1.29 is 13.2 Å². The topological polar surface area (TPSA) is 92.5 Å². The third-order valence-electron chi connectivity index (χ3n) is 4.12. The number of anilines is 2. The molecule has 0 saturated carbocycles. The van der Waals surface area contributed by atoms with Gasteiger partial charge in [-0.2, -0.15) is 0 Å². The molecule has 140 valence electrons. The molecule has 0 radical (unpaired) electrons. The lowest BCUT2D eigenvalue weighted by atomic mass is 10.1. The minimum absolute atomic E-state index is 0.0337. The van der Waals surface area contributed by atoms with E-state index >= 15 is 0 Å². The quantitative estimate of drug-likeness (QED) is 0.778. The molecule has 0 spiro atoms. The van der Waals surface area contributed by atoms with Crippen LogP contribution in [0, 0.1) is 0 Å². The standard InChI is InChI=1S/C19H25N3O3S/c1-4-14-5-7-15(8-6-14)9-12-19(23)21-17-13-16(26(20,24)25)10-11-18(17)22(2)3/h5-8,10-11,13H,4,9,12H2,1-3H3,(H,21,23)(H2,20,24,25). The van der Waals surface area contributed by atoms with E-state index < -0.39 is 10.0 Å². The van der Waals surface area contributed by atoms with Crippen LogP contribution in [0.3, 0.4) is 0 Å². The van der Waals surface area contributed by atoms with Gasteiger partial charge in [-0.3, -0.25) is 4.79 Å². The minimum Gasteiger partial charge on any atom is -0.376 e. The SMILES string of the molecule is CCc1ccc(CCC(=O)Nc2cc(S(N)(=O)=O)ccc2N(C)C)cc1. The molecule has 3 N–H and O–H groups in total. The fourth-order valence-electron chi connectivity index (χ4n) is 2.59. The molecule has 7 heteroatoms. The molecular formula is C19H25N3O3S. The van der Waals surface area contributed by atoms with Gasteiger partial charge in [0.15, 0.2) is 0 Å². The highest BCUT2D eigenvalue weighted by atomic mass is 32.2. The van der Waals surface area contributed by atoms with E-state index in [2.05, 4.69) is 24.4 Å². The number of aryl methyl sites for hydroxylation is 2. The van der Waals surface area contributed by atoms with Gasteiger partial charge in [-0.1, -0.05) is 31.2 Å². The zero-order valence-electron chi connectivity index (χ0n) is 15.3. The molecule has 0 saturated heterocycles. The number of carbonyl (C=O) groups excluding carboxylic acids is 1. The van der Waals surface area contributed by atoms with Crippen molar-refractivity contribution in [2.24, 2.45) is 5.14 Å². The van der Waals surface area contributed by atoms with Crippen LogP contribution in [0.25, 0.3) is 0 Å². The third-order valence-corrected chi connectivity index (χ3v) is 5.04. The number of nitrogens with two attached hydrogens (primary N) is 1. The Hall–Kier alpha value is -2.38. The van der Waals surface area contributed by atoms with Gasteiger partial charge in [0.2, 0.25) is 15.9 Å². The number of nitrogens with one attached hydrogen (secondary N) is 1. The molecule has 0 atom stereocenters. The van der Waals surface area contributed by atoms with Crippen LogP contribution < -0.4 is 15.4 Å². The normalized spacial score (nSPS) is 11.2. The van der Waals surface area contributed by atoms with Gasteiger partial charge in [0.25, 0.3) is 0 Å². The van der Waals surface area contributed by atoms with Crippen LogP contribution in [0.15, 0.2) is 47.4 Å². The Labute approximate surface area is 155 Å². The number of carbonyl (C=O) groups is 1. The van der Waals surface area contributed by atoms with Crippen molar-refractivity contribution in [2.75, 3.05) is 24.3 Å². The third kappa shape index (κ3) is 5.31. The van der Waals surface area contributed by atoms with Gasteiger partial charge >= 0.3 is 0 Å². The zero-order valence-corrected chi connectivity index (χ0v) is 16.1. The van der Waals surface area contributed by atoms with Gasteiger partial charge in [0.1, 0.15) is 0 Å².